The van der Waals surface area contributed by atoms with Gasteiger partial charge < -0.3 is 14.7 Å². The van der Waals surface area contributed by atoms with Gasteiger partial charge in [0.15, 0.2) is 0 Å². The highest BCUT2D eigenvalue weighted by Gasteiger charge is 2.29. The zero-order valence-corrected chi connectivity index (χ0v) is 21.8. The molecule has 5 rings (SSSR count). The molecule has 0 spiro atoms. The maximum absolute atomic E-state index is 14.8. The Hall–Kier alpha value is -4.12. The monoisotopic (exact) mass is 534 g/mol. The molecule has 1 aromatic heterocycles. The van der Waals surface area contributed by atoms with Crippen LogP contribution in [-0.4, -0.2) is 106 Å². The Kier molecular flexibility index (Phi) is 7.69. The minimum atomic E-state index is -0.606. The Morgan fingerprint density at radius 2 is 1.74 bits per heavy atom. The number of H-pyrrole nitrogens is 1. The number of nitrogens with one attached hydrogen (secondary N) is 1. The lowest BCUT2D eigenvalue weighted by atomic mass is 10.0. The van der Waals surface area contributed by atoms with Gasteiger partial charge >= 0.3 is 0 Å². The van der Waals surface area contributed by atoms with Gasteiger partial charge in [-0.1, -0.05) is 24.3 Å². The first-order valence-corrected chi connectivity index (χ1v) is 13.1. The first-order valence-electron chi connectivity index (χ1n) is 13.1. The number of hydrogen-bond acceptors (Lipinski definition) is 6. The standard InChI is InChI=1S/C28H31FN6O4/c1-19-16-32(8-9-35(19)18-36)17-26(37)33-10-12-34(13-11-33)28(39)23-14-20(6-7-24(23)29)15-25-21-4-2-3-5-22(21)27(38)31-30-25/h2-7,14,18-19H,8-13,15-17H2,1H3,(H,31,38). The smallest absolute Gasteiger partial charge is 0.272 e. The van der Waals surface area contributed by atoms with Gasteiger partial charge in [0.2, 0.25) is 12.3 Å². The fourth-order valence-electron chi connectivity index (χ4n) is 5.31. The van der Waals surface area contributed by atoms with Crippen LogP contribution in [0.2, 0.25) is 0 Å². The highest BCUT2D eigenvalue weighted by atomic mass is 19.1. The predicted molar refractivity (Wildman–Crippen MR) is 143 cm³/mol. The van der Waals surface area contributed by atoms with Gasteiger partial charge in [0, 0.05) is 63.7 Å². The first kappa shape index (κ1) is 26.5. The van der Waals surface area contributed by atoms with Crippen LogP contribution in [0.1, 0.15) is 28.5 Å². The van der Waals surface area contributed by atoms with Crippen molar-refractivity contribution in [2.24, 2.45) is 0 Å². The van der Waals surface area contributed by atoms with Gasteiger partial charge in [0.25, 0.3) is 11.5 Å². The molecule has 3 amide bonds. The number of aromatic nitrogens is 2. The summed E-state index contributed by atoms with van der Waals surface area (Å²) in [7, 11) is 0. The van der Waals surface area contributed by atoms with Gasteiger partial charge in [-0.2, -0.15) is 5.10 Å². The van der Waals surface area contributed by atoms with Crippen molar-refractivity contribution in [3.8, 4) is 0 Å². The van der Waals surface area contributed by atoms with E-state index in [2.05, 4.69) is 10.2 Å². The van der Waals surface area contributed by atoms with E-state index in [1.807, 2.05) is 24.0 Å². The Morgan fingerprint density at radius 3 is 2.46 bits per heavy atom. The van der Waals surface area contributed by atoms with Gasteiger partial charge in [-0.3, -0.25) is 24.1 Å². The molecular weight excluding hydrogens is 503 g/mol. The van der Waals surface area contributed by atoms with E-state index in [-0.39, 0.29) is 29.6 Å². The number of amides is 3. The summed E-state index contributed by atoms with van der Waals surface area (Å²) in [6, 6.07) is 11.6. The molecule has 204 valence electrons. The summed E-state index contributed by atoms with van der Waals surface area (Å²) < 4.78 is 14.8. The van der Waals surface area contributed by atoms with Crippen LogP contribution in [0.15, 0.2) is 47.3 Å². The summed E-state index contributed by atoms with van der Waals surface area (Å²) in [5, 5.41) is 7.91. The largest absolute Gasteiger partial charge is 0.340 e. The van der Waals surface area contributed by atoms with E-state index in [9.17, 15) is 23.6 Å². The Bertz CT molecular complexity index is 1450. The second kappa shape index (κ2) is 11.3. The number of fused-ring (bicyclic) bond motifs is 1. The van der Waals surface area contributed by atoms with Crippen LogP contribution in [0, 0.1) is 5.82 Å². The quantitative estimate of drug-likeness (QED) is 0.475. The second-order valence-corrected chi connectivity index (χ2v) is 10.1. The van der Waals surface area contributed by atoms with Crippen LogP contribution in [0.5, 0.6) is 0 Å². The maximum Gasteiger partial charge on any atom is 0.272 e. The second-order valence-electron chi connectivity index (χ2n) is 10.1. The third kappa shape index (κ3) is 5.68. The van der Waals surface area contributed by atoms with Gasteiger partial charge in [-0.25, -0.2) is 9.49 Å². The van der Waals surface area contributed by atoms with Crippen molar-refractivity contribution in [2.45, 2.75) is 19.4 Å². The molecule has 0 radical (unpaired) electrons. The zero-order valence-electron chi connectivity index (χ0n) is 21.8. The summed E-state index contributed by atoms with van der Waals surface area (Å²) in [4.78, 5) is 56.4. The summed E-state index contributed by atoms with van der Waals surface area (Å²) in [5.74, 6) is -1.03. The van der Waals surface area contributed by atoms with Gasteiger partial charge in [0.1, 0.15) is 5.82 Å². The molecule has 0 saturated carbocycles. The number of carbonyl (C=O) groups is 3. The normalized spacial score (nSPS) is 18.4. The van der Waals surface area contributed by atoms with E-state index in [1.165, 1.54) is 12.1 Å². The molecule has 3 aromatic rings. The zero-order chi connectivity index (χ0) is 27.5. The maximum atomic E-state index is 14.8. The molecule has 1 atom stereocenters. The molecule has 2 aromatic carbocycles. The van der Waals surface area contributed by atoms with Gasteiger partial charge in [0.05, 0.1) is 23.2 Å². The number of aromatic amines is 1. The van der Waals surface area contributed by atoms with Crippen molar-refractivity contribution in [1.29, 1.82) is 0 Å². The highest BCUT2D eigenvalue weighted by molar-refractivity contribution is 5.95. The van der Waals surface area contributed by atoms with Gasteiger partial charge in [-0.15, -0.1) is 0 Å². The highest BCUT2D eigenvalue weighted by Crippen LogP contribution is 2.20. The molecule has 1 unspecified atom stereocenters. The molecule has 11 heteroatoms. The molecule has 2 fully saturated rings. The van der Waals surface area contributed by atoms with Crippen molar-refractivity contribution in [3.63, 3.8) is 0 Å². The number of halogens is 1. The minimum Gasteiger partial charge on any atom is -0.340 e. The number of piperazine rings is 2. The lowest BCUT2D eigenvalue weighted by molar-refractivity contribution is -0.135. The van der Waals surface area contributed by atoms with Crippen molar-refractivity contribution in [1.82, 2.24) is 29.8 Å². The molecule has 0 aliphatic carbocycles. The summed E-state index contributed by atoms with van der Waals surface area (Å²) in [5.41, 5.74) is 1.02. The number of benzene rings is 2. The molecule has 0 bridgehead atoms. The summed E-state index contributed by atoms with van der Waals surface area (Å²) in [6.07, 6.45) is 1.17. The molecule has 2 saturated heterocycles. The first-order chi connectivity index (χ1) is 18.8. The van der Waals surface area contributed by atoms with Crippen LogP contribution in [0.4, 0.5) is 4.39 Å². The molecule has 3 heterocycles. The molecule has 39 heavy (non-hydrogen) atoms. The fourth-order valence-corrected chi connectivity index (χ4v) is 5.31. The molecule has 1 N–H and O–H groups in total. The Morgan fingerprint density at radius 1 is 1.03 bits per heavy atom. The van der Waals surface area contributed by atoms with Gasteiger partial charge in [-0.05, 0) is 30.7 Å². The van der Waals surface area contributed by atoms with E-state index >= 15 is 0 Å². The van der Waals surface area contributed by atoms with E-state index in [4.69, 9.17) is 0 Å². The minimum absolute atomic E-state index is 0.0114. The number of hydrogen-bond donors (Lipinski definition) is 1. The van der Waals surface area contributed by atoms with Crippen molar-refractivity contribution >= 4 is 29.0 Å². The molecular formula is C28H31FN6O4. The SMILES string of the molecule is CC1CN(CC(=O)N2CCN(C(=O)c3cc(Cc4n[nH]c(=O)c5ccccc45)ccc3F)CC2)CCN1C=O. The van der Waals surface area contributed by atoms with E-state index in [1.54, 1.807) is 32.9 Å². The molecule has 10 nitrogen and oxygen atoms in total. The Labute approximate surface area is 225 Å². The van der Waals surface area contributed by atoms with Crippen LogP contribution < -0.4 is 5.56 Å². The third-order valence-corrected chi connectivity index (χ3v) is 7.58. The lowest BCUT2D eigenvalue weighted by Crippen LogP contribution is -2.56. The van der Waals surface area contributed by atoms with Crippen molar-refractivity contribution in [3.05, 3.63) is 75.5 Å². The number of carbonyl (C=O) groups excluding carboxylic acids is 3. The Balaban J connectivity index is 1.21. The van der Waals surface area contributed by atoms with Crippen molar-refractivity contribution in [2.75, 3.05) is 52.4 Å². The van der Waals surface area contributed by atoms with E-state index in [0.29, 0.717) is 74.3 Å². The number of nitrogens with zero attached hydrogens (tertiary/aromatic N) is 5. The molecule has 2 aliphatic rings. The average molecular weight is 535 g/mol. The predicted octanol–water partition coefficient (Wildman–Crippen LogP) is 1.10. The summed E-state index contributed by atoms with van der Waals surface area (Å²) in [6.45, 7) is 5.50. The lowest BCUT2D eigenvalue weighted by Gasteiger charge is -2.39. The third-order valence-electron chi connectivity index (χ3n) is 7.58. The fraction of sp³-hybridized carbons (Fsp3) is 0.393. The van der Waals surface area contributed by atoms with Crippen LogP contribution in [-0.2, 0) is 16.0 Å². The number of rotatable bonds is 6. The van der Waals surface area contributed by atoms with Crippen LogP contribution in [0.25, 0.3) is 10.8 Å². The molecule has 2 aliphatic heterocycles. The summed E-state index contributed by atoms with van der Waals surface area (Å²) >= 11 is 0. The van der Waals surface area contributed by atoms with Crippen LogP contribution >= 0.6 is 0 Å². The average Bonchev–Trinajstić information content (AvgIpc) is 2.95. The van der Waals surface area contributed by atoms with Crippen LogP contribution in [0.3, 0.4) is 0 Å². The van der Waals surface area contributed by atoms with Crippen molar-refractivity contribution < 1.29 is 18.8 Å². The topological polar surface area (TPSA) is 110 Å². The van der Waals surface area contributed by atoms with E-state index in [0.717, 1.165) is 6.41 Å². The van der Waals surface area contributed by atoms with E-state index < -0.39 is 11.7 Å².